The van der Waals surface area contributed by atoms with Crippen molar-refractivity contribution >= 4 is 11.6 Å². The van der Waals surface area contributed by atoms with Crippen molar-refractivity contribution in [2.75, 3.05) is 26.0 Å². The van der Waals surface area contributed by atoms with E-state index in [9.17, 15) is 4.79 Å². The summed E-state index contributed by atoms with van der Waals surface area (Å²) in [6, 6.07) is 17.8. The van der Waals surface area contributed by atoms with Gasteiger partial charge >= 0.3 is 0 Å². The lowest BCUT2D eigenvalue weighted by atomic mass is 10.0. The van der Waals surface area contributed by atoms with Crippen LogP contribution < -0.4 is 5.32 Å². The molecule has 1 aliphatic heterocycles. The molecule has 0 saturated carbocycles. The van der Waals surface area contributed by atoms with Gasteiger partial charge in [-0.25, -0.2) is 0 Å². The minimum Gasteiger partial charge on any atom is -0.326 e. The average Bonchev–Trinajstić information content (AvgIpc) is 3.04. The van der Waals surface area contributed by atoms with Gasteiger partial charge in [0.2, 0.25) is 5.91 Å². The number of hydrogen-bond acceptors (Lipinski definition) is 3. The first kappa shape index (κ1) is 18.6. The first-order valence-corrected chi connectivity index (χ1v) is 9.35. The molecular weight excluding hydrogens is 322 g/mol. The highest BCUT2D eigenvalue weighted by Crippen LogP contribution is 2.33. The number of rotatable bonds is 6. The molecule has 3 rings (SSSR count). The van der Waals surface area contributed by atoms with Gasteiger partial charge in [0, 0.05) is 31.7 Å². The maximum absolute atomic E-state index is 11.1. The van der Waals surface area contributed by atoms with Gasteiger partial charge in [-0.15, -0.1) is 0 Å². The third kappa shape index (κ3) is 4.93. The standard InChI is InChI=1S/C22H29N3O/c1-17(26)23-21-12-8-19(9-13-21)16-25-14-4-5-22(25)20-10-6-18(7-11-20)15-24(2)3/h6-13,22H,4-5,14-16H2,1-3H3,(H,23,26)/t22-/m1/s1. The van der Waals surface area contributed by atoms with Crippen molar-refractivity contribution < 1.29 is 4.79 Å². The Morgan fingerprint density at radius 1 is 1.08 bits per heavy atom. The van der Waals surface area contributed by atoms with E-state index in [1.54, 1.807) is 0 Å². The van der Waals surface area contributed by atoms with Gasteiger partial charge in [-0.3, -0.25) is 9.69 Å². The minimum absolute atomic E-state index is 0.0323. The van der Waals surface area contributed by atoms with E-state index in [1.807, 2.05) is 12.1 Å². The predicted octanol–water partition coefficient (Wildman–Crippen LogP) is 4.04. The zero-order chi connectivity index (χ0) is 18.5. The maximum atomic E-state index is 11.1. The summed E-state index contributed by atoms with van der Waals surface area (Å²) in [5.74, 6) is -0.0323. The molecule has 1 N–H and O–H groups in total. The molecular formula is C22H29N3O. The quantitative estimate of drug-likeness (QED) is 0.853. The summed E-state index contributed by atoms with van der Waals surface area (Å²) in [6.07, 6.45) is 2.46. The molecule has 1 atom stereocenters. The van der Waals surface area contributed by atoms with Gasteiger partial charge in [0.05, 0.1) is 0 Å². The number of amides is 1. The van der Waals surface area contributed by atoms with Crippen LogP contribution in [0.2, 0.25) is 0 Å². The molecule has 1 aliphatic rings. The van der Waals surface area contributed by atoms with Gasteiger partial charge in [-0.2, -0.15) is 0 Å². The molecule has 4 nitrogen and oxygen atoms in total. The van der Waals surface area contributed by atoms with Gasteiger partial charge in [0.1, 0.15) is 0 Å². The highest BCUT2D eigenvalue weighted by atomic mass is 16.1. The summed E-state index contributed by atoms with van der Waals surface area (Å²) in [5, 5.41) is 2.82. The predicted molar refractivity (Wildman–Crippen MR) is 107 cm³/mol. The number of likely N-dealkylation sites (tertiary alicyclic amines) is 1. The average molecular weight is 351 g/mol. The van der Waals surface area contributed by atoms with E-state index in [-0.39, 0.29) is 5.91 Å². The second-order valence-corrected chi connectivity index (χ2v) is 7.49. The van der Waals surface area contributed by atoms with Gasteiger partial charge < -0.3 is 10.2 Å². The van der Waals surface area contributed by atoms with Crippen LogP contribution in [0, 0.1) is 0 Å². The Morgan fingerprint density at radius 3 is 2.35 bits per heavy atom. The van der Waals surface area contributed by atoms with Crippen LogP contribution in [0.4, 0.5) is 5.69 Å². The Kier molecular flexibility index (Phi) is 6.07. The molecule has 0 aromatic heterocycles. The van der Waals surface area contributed by atoms with Crippen LogP contribution in [0.1, 0.15) is 42.5 Å². The van der Waals surface area contributed by atoms with Crippen molar-refractivity contribution in [2.24, 2.45) is 0 Å². The summed E-state index contributed by atoms with van der Waals surface area (Å²) in [7, 11) is 4.20. The van der Waals surface area contributed by atoms with Crippen molar-refractivity contribution in [1.29, 1.82) is 0 Å². The van der Waals surface area contributed by atoms with E-state index in [1.165, 1.54) is 36.5 Å². The highest BCUT2D eigenvalue weighted by molar-refractivity contribution is 5.88. The molecule has 26 heavy (non-hydrogen) atoms. The number of anilines is 1. The van der Waals surface area contributed by atoms with Crippen LogP contribution in [-0.4, -0.2) is 36.3 Å². The van der Waals surface area contributed by atoms with E-state index >= 15 is 0 Å². The fourth-order valence-corrected chi connectivity index (χ4v) is 3.73. The summed E-state index contributed by atoms with van der Waals surface area (Å²) in [4.78, 5) is 15.9. The molecule has 0 aliphatic carbocycles. The summed E-state index contributed by atoms with van der Waals surface area (Å²) < 4.78 is 0. The SMILES string of the molecule is CC(=O)Nc1ccc(CN2CCC[C@@H]2c2ccc(CN(C)C)cc2)cc1. The van der Waals surface area contributed by atoms with E-state index < -0.39 is 0 Å². The number of hydrogen-bond donors (Lipinski definition) is 1. The van der Waals surface area contributed by atoms with Crippen LogP contribution in [0.5, 0.6) is 0 Å². The molecule has 2 aromatic rings. The fraction of sp³-hybridized carbons (Fsp3) is 0.409. The monoisotopic (exact) mass is 351 g/mol. The van der Waals surface area contributed by atoms with E-state index in [0.717, 1.165) is 25.3 Å². The first-order chi connectivity index (χ1) is 12.5. The van der Waals surface area contributed by atoms with Gasteiger partial charge in [-0.1, -0.05) is 36.4 Å². The third-order valence-corrected chi connectivity index (χ3v) is 4.89. The zero-order valence-corrected chi connectivity index (χ0v) is 16.0. The van der Waals surface area contributed by atoms with Crippen LogP contribution in [0.25, 0.3) is 0 Å². The molecule has 0 radical (unpaired) electrons. The van der Waals surface area contributed by atoms with E-state index in [0.29, 0.717) is 6.04 Å². The molecule has 0 bridgehead atoms. The molecule has 1 heterocycles. The van der Waals surface area contributed by atoms with Gasteiger partial charge in [0.25, 0.3) is 0 Å². The Labute approximate surface area is 156 Å². The van der Waals surface area contributed by atoms with E-state index in [2.05, 4.69) is 65.6 Å². The Hall–Kier alpha value is -2.17. The number of carbonyl (C=O) groups is 1. The van der Waals surface area contributed by atoms with Crippen LogP contribution in [-0.2, 0) is 17.9 Å². The number of benzene rings is 2. The number of nitrogens with zero attached hydrogens (tertiary/aromatic N) is 2. The van der Waals surface area contributed by atoms with Crippen molar-refractivity contribution in [3.05, 3.63) is 65.2 Å². The number of nitrogens with one attached hydrogen (secondary N) is 1. The van der Waals surface area contributed by atoms with Crippen molar-refractivity contribution in [3.63, 3.8) is 0 Å². The summed E-state index contributed by atoms with van der Waals surface area (Å²) in [6.45, 7) is 4.60. The second kappa shape index (κ2) is 8.47. The van der Waals surface area contributed by atoms with Gasteiger partial charge in [0.15, 0.2) is 0 Å². The normalized spacial score (nSPS) is 17.6. The lowest BCUT2D eigenvalue weighted by Crippen LogP contribution is -2.22. The van der Waals surface area contributed by atoms with Crippen LogP contribution in [0.15, 0.2) is 48.5 Å². The third-order valence-electron chi connectivity index (χ3n) is 4.89. The Balaban J connectivity index is 1.65. The highest BCUT2D eigenvalue weighted by Gasteiger charge is 2.25. The zero-order valence-electron chi connectivity index (χ0n) is 16.0. The van der Waals surface area contributed by atoms with Gasteiger partial charge in [-0.05, 0) is 62.3 Å². The molecule has 0 spiro atoms. The summed E-state index contributed by atoms with van der Waals surface area (Å²) in [5.41, 5.74) is 4.92. The maximum Gasteiger partial charge on any atom is 0.221 e. The lowest BCUT2D eigenvalue weighted by Gasteiger charge is -2.25. The topological polar surface area (TPSA) is 35.6 Å². The van der Waals surface area contributed by atoms with E-state index in [4.69, 9.17) is 0 Å². The van der Waals surface area contributed by atoms with Crippen molar-refractivity contribution in [2.45, 2.75) is 38.9 Å². The van der Waals surface area contributed by atoms with Crippen molar-refractivity contribution in [3.8, 4) is 0 Å². The molecule has 138 valence electrons. The smallest absolute Gasteiger partial charge is 0.221 e. The van der Waals surface area contributed by atoms with Crippen molar-refractivity contribution in [1.82, 2.24) is 9.80 Å². The molecule has 0 unspecified atom stereocenters. The molecule has 4 heteroatoms. The molecule has 1 saturated heterocycles. The molecule has 1 amide bonds. The minimum atomic E-state index is -0.0323. The number of carbonyl (C=O) groups excluding carboxylic acids is 1. The Morgan fingerprint density at radius 2 is 1.73 bits per heavy atom. The first-order valence-electron chi connectivity index (χ1n) is 9.35. The van der Waals surface area contributed by atoms with Crippen LogP contribution in [0.3, 0.4) is 0 Å². The Bertz CT molecular complexity index is 722. The largest absolute Gasteiger partial charge is 0.326 e. The molecule has 2 aromatic carbocycles. The molecule has 1 fully saturated rings. The van der Waals surface area contributed by atoms with Crippen LogP contribution >= 0.6 is 0 Å². The lowest BCUT2D eigenvalue weighted by molar-refractivity contribution is -0.114. The second-order valence-electron chi connectivity index (χ2n) is 7.49. The fourth-order valence-electron chi connectivity index (χ4n) is 3.73. The summed E-state index contributed by atoms with van der Waals surface area (Å²) >= 11 is 0.